The second-order valence-electron chi connectivity index (χ2n) is 6.85. The maximum absolute atomic E-state index is 12.6. The van der Waals surface area contributed by atoms with Gasteiger partial charge in [-0.2, -0.15) is 13.2 Å². The lowest BCUT2D eigenvalue weighted by atomic mass is 10.0. The number of alkyl halides is 3. The summed E-state index contributed by atoms with van der Waals surface area (Å²) in [5, 5.41) is 4.14. The Morgan fingerprint density at radius 3 is 2.61 bits per heavy atom. The van der Waals surface area contributed by atoms with Crippen LogP contribution in [0.3, 0.4) is 0 Å². The highest BCUT2D eigenvalue weighted by Gasteiger charge is 2.40. The van der Waals surface area contributed by atoms with E-state index in [1.165, 1.54) is 0 Å². The fraction of sp³-hybridized carbons (Fsp3) is 0.444. The van der Waals surface area contributed by atoms with Gasteiger partial charge >= 0.3 is 6.18 Å². The van der Waals surface area contributed by atoms with Crippen LogP contribution >= 0.6 is 0 Å². The lowest BCUT2D eigenvalue weighted by molar-refractivity contribution is -0.127. The average molecular weight is 322 g/mol. The van der Waals surface area contributed by atoms with Crippen LogP contribution in [0, 0.1) is 12.3 Å². The molecule has 1 heterocycles. The summed E-state index contributed by atoms with van der Waals surface area (Å²) in [4.78, 5) is 3.27. The maximum atomic E-state index is 12.6. The monoisotopic (exact) mass is 322 g/mol. The first kappa shape index (κ1) is 16.0. The maximum Gasteiger partial charge on any atom is 0.393 e. The van der Waals surface area contributed by atoms with Crippen molar-refractivity contribution < 1.29 is 13.2 Å². The first-order chi connectivity index (χ1) is 10.7. The van der Waals surface area contributed by atoms with Crippen molar-refractivity contribution in [3.05, 3.63) is 47.3 Å². The normalized spacial score (nSPS) is 16.6. The number of allylic oxidation sites excluding steroid dienone is 1. The van der Waals surface area contributed by atoms with Crippen molar-refractivity contribution in [1.29, 1.82) is 0 Å². The summed E-state index contributed by atoms with van der Waals surface area (Å²) in [6.07, 6.45) is -2.75. The van der Waals surface area contributed by atoms with Crippen molar-refractivity contribution in [1.82, 2.24) is 10.3 Å². The van der Waals surface area contributed by atoms with E-state index >= 15 is 0 Å². The van der Waals surface area contributed by atoms with E-state index in [2.05, 4.69) is 23.8 Å². The number of halogens is 3. The number of nitrogens with one attached hydrogen (secondary N) is 2. The van der Waals surface area contributed by atoms with Crippen LogP contribution in [0.5, 0.6) is 0 Å². The number of H-pyrrole nitrogens is 1. The molecule has 1 aliphatic carbocycles. The topological polar surface area (TPSA) is 27.8 Å². The molecule has 0 amide bonds. The molecule has 0 aliphatic heterocycles. The second kappa shape index (κ2) is 5.32. The zero-order valence-corrected chi connectivity index (χ0v) is 13.4. The summed E-state index contributed by atoms with van der Waals surface area (Å²) in [7, 11) is 0. The zero-order valence-electron chi connectivity index (χ0n) is 13.4. The van der Waals surface area contributed by atoms with Gasteiger partial charge in [-0.25, -0.2) is 0 Å². The zero-order chi connectivity index (χ0) is 16.8. The summed E-state index contributed by atoms with van der Waals surface area (Å²) >= 11 is 0. The third-order valence-corrected chi connectivity index (χ3v) is 4.74. The molecule has 23 heavy (non-hydrogen) atoms. The van der Waals surface area contributed by atoms with Crippen molar-refractivity contribution in [2.45, 2.75) is 45.8 Å². The van der Waals surface area contributed by atoms with Crippen LogP contribution in [0.1, 0.15) is 36.6 Å². The fourth-order valence-corrected chi connectivity index (χ4v) is 2.80. The molecule has 0 spiro atoms. The predicted octanol–water partition coefficient (Wildman–Crippen LogP) is 4.98. The quantitative estimate of drug-likeness (QED) is 0.798. The molecule has 0 saturated heterocycles. The first-order valence-corrected chi connectivity index (χ1v) is 7.77. The lowest BCUT2D eigenvalue weighted by Gasteiger charge is -2.14. The molecule has 1 aromatic carbocycles. The number of hydrogen-bond donors (Lipinski definition) is 2. The molecule has 2 nitrogen and oxygen atoms in total. The van der Waals surface area contributed by atoms with Crippen molar-refractivity contribution in [2.24, 2.45) is 5.41 Å². The molecule has 0 unspecified atom stereocenters. The van der Waals surface area contributed by atoms with Gasteiger partial charge in [0.15, 0.2) is 0 Å². The van der Waals surface area contributed by atoms with Gasteiger partial charge in [0.05, 0.1) is 13.0 Å². The molecule has 1 aromatic heterocycles. The largest absolute Gasteiger partial charge is 0.393 e. The molecule has 0 atom stereocenters. The molecule has 0 radical (unpaired) electrons. The Balaban J connectivity index is 1.77. The summed E-state index contributed by atoms with van der Waals surface area (Å²) in [5.41, 5.74) is 4.06. The van der Waals surface area contributed by atoms with E-state index < -0.39 is 12.6 Å². The fourth-order valence-electron chi connectivity index (χ4n) is 2.80. The van der Waals surface area contributed by atoms with E-state index in [1.54, 1.807) is 19.1 Å². The molecular formula is C18H21F3N2. The van der Waals surface area contributed by atoms with Gasteiger partial charge in [0.1, 0.15) is 0 Å². The summed E-state index contributed by atoms with van der Waals surface area (Å²) < 4.78 is 37.9. The van der Waals surface area contributed by atoms with E-state index in [0.717, 1.165) is 35.1 Å². The smallest absolute Gasteiger partial charge is 0.383 e. The number of hydrogen-bond acceptors (Lipinski definition) is 1. The number of aromatic amines is 1. The van der Waals surface area contributed by atoms with Crippen LogP contribution in [0.15, 0.2) is 30.5 Å². The van der Waals surface area contributed by atoms with E-state index in [4.69, 9.17) is 0 Å². The standard InChI is InChI=1S/C18H21F3N2/c1-11-6-16-13(7-14(11)9-18(19,20)21)8-15(23-16)10-22-12(2)17(3)4-5-17/h6-8,22-23H,2,4-5,9-10H2,1,3H3. The van der Waals surface area contributed by atoms with Crippen LogP contribution in [-0.4, -0.2) is 11.2 Å². The SMILES string of the molecule is C=C(NCc1cc2cc(CC(F)(F)F)c(C)cc2[nH]1)C1(C)CC1. The third-order valence-electron chi connectivity index (χ3n) is 4.74. The molecule has 1 fully saturated rings. The first-order valence-electron chi connectivity index (χ1n) is 7.77. The molecule has 2 aromatic rings. The van der Waals surface area contributed by atoms with E-state index in [9.17, 15) is 13.2 Å². The molecule has 124 valence electrons. The Kier molecular flexibility index (Phi) is 3.69. The molecular weight excluding hydrogens is 301 g/mol. The molecule has 1 aliphatic rings. The lowest BCUT2D eigenvalue weighted by Crippen LogP contribution is -2.18. The van der Waals surface area contributed by atoms with Crippen molar-refractivity contribution in [3.8, 4) is 0 Å². The number of aromatic nitrogens is 1. The van der Waals surface area contributed by atoms with E-state index in [-0.39, 0.29) is 5.41 Å². The van der Waals surface area contributed by atoms with Crippen molar-refractivity contribution in [2.75, 3.05) is 0 Å². The Morgan fingerprint density at radius 2 is 2.00 bits per heavy atom. The Bertz CT molecular complexity index is 751. The van der Waals surface area contributed by atoms with Crippen molar-refractivity contribution >= 4 is 10.9 Å². The molecule has 0 bridgehead atoms. The van der Waals surface area contributed by atoms with Gasteiger partial charge in [0, 0.05) is 27.7 Å². The minimum atomic E-state index is -4.18. The van der Waals surface area contributed by atoms with Gasteiger partial charge in [-0.3, -0.25) is 0 Å². The van der Waals surface area contributed by atoms with Gasteiger partial charge in [0.2, 0.25) is 0 Å². The number of aryl methyl sites for hydroxylation is 1. The summed E-state index contributed by atoms with van der Waals surface area (Å²) in [6.45, 7) is 8.58. The highest BCUT2D eigenvalue weighted by molar-refractivity contribution is 5.82. The highest BCUT2D eigenvalue weighted by atomic mass is 19.4. The van der Waals surface area contributed by atoms with Crippen molar-refractivity contribution in [3.63, 3.8) is 0 Å². The average Bonchev–Trinajstić information content (AvgIpc) is 3.06. The van der Waals surface area contributed by atoms with Crippen LogP contribution in [-0.2, 0) is 13.0 Å². The van der Waals surface area contributed by atoms with E-state index in [0.29, 0.717) is 17.7 Å². The number of rotatable bonds is 5. The number of fused-ring (bicyclic) bond motifs is 1. The molecule has 5 heteroatoms. The predicted molar refractivity (Wildman–Crippen MR) is 86.1 cm³/mol. The summed E-state index contributed by atoms with van der Waals surface area (Å²) in [5.74, 6) is 0. The Morgan fingerprint density at radius 1 is 1.30 bits per heavy atom. The highest BCUT2D eigenvalue weighted by Crippen LogP contribution is 2.49. The number of benzene rings is 1. The molecule has 2 N–H and O–H groups in total. The van der Waals surface area contributed by atoms with Gasteiger partial charge in [-0.05, 0) is 49.1 Å². The molecule has 3 rings (SSSR count). The third kappa shape index (κ3) is 3.54. The van der Waals surface area contributed by atoms with Crippen LogP contribution < -0.4 is 5.32 Å². The van der Waals surface area contributed by atoms with Gasteiger partial charge in [0.25, 0.3) is 0 Å². The minimum absolute atomic E-state index is 0.211. The molecule has 1 saturated carbocycles. The van der Waals surface area contributed by atoms with E-state index in [1.807, 2.05) is 6.07 Å². The van der Waals surface area contributed by atoms with Gasteiger partial charge < -0.3 is 10.3 Å². The Labute approximate surface area is 133 Å². The minimum Gasteiger partial charge on any atom is -0.383 e. The second-order valence-corrected chi connectivity index (χ2v) is 6.85. The van der Waals surface area contributed by atoms with Gasteiger partial charge in [-0.15, -0.1) is 0 Å². The van der Waals surface area contributed by atoms with Crippen LogP contribution in [0.2, 0.25) is 0 Å². The Hall–Kier alpha value is -1.91. The van der Waals surface area contributed by atoms with Crippen LogP contribution in [0.4, 0.5) is 13.2 Å². The van der Waals surface area contributed by atoms with Gasteiger partial charge in [-0.1, -0.05) is 13.5 Å². The van der Waals surface area contributed by atoms with Crippen LogP contribution in [0.25, 0.3) is 10.9 Å². The summed E-state index contributed by atoms with van der Waals surface area (Å²) in [6, 6.07) is 5.33.